The minimum absolute atomic E-state index is 0.0660. The Kier molecular flexibility index (Phi) is 8.59. The fourth-order valence-electron chi connectivity index (χ4n) is 3.90. The third-order valence-corrected chi connectivity index (χ3v) is 8.77. The van der Waals surface area contributed by atoms with E-state index in [2.05, 4.69) is 20.0 Å². The Morgan fingerprint density at radius 2 is 2.03 bits per heavy atom. The summed E-state index contributed by atoms with van der Waals surface area (Å²) in [7, 11) is -2.77. The van der Waals surface area contributed by atoms with Gasteiger partial charge in [-0.3, -0.25) is 4.72 Å². The van der Waals surface area contributed by atoms with E-state index in [1.807, 2.05) is 6.92 Å². The highest BCUT2D eigenvalue weighted by Crippen LogP contribution is 2.37. The van der Waals surface area contributed by atoms with Crippen LogP contribution in [0.5, 0.6) is 5.88 Å². The monoisotopic (exact) mass is 572 g/mol. The summed E-state index contributed by atoms with van der Waals surface area (Å²) in [6.07, 6.45) is 3.22. The topological polar surface area (TPSA) is 123 Å². The van der Waals surface area contributed by atoms with Gasteiger partial charge in [0.1, 0.15) is 11.1 Å². The van der Waals surface area contributed by atoms with Crippen LogP contribution in [0.15, 0.2) is 35.4 Å². The van der Waals surface area contributed by atoms with Crippen LogP contribution >= 0.6 is 34.5 Å². The van der Waals surface area contributed by atoms with Gasteiger partial charge in [0.2, 0.25) is 5.88 Å². The number of nitrogens with zero attached hydrogens (tertiary/aromatic N) is 2. The molecule has 1 aliphatic rings. The van der Waals surface area contributed by atoms with Crippen LogP contribution in [-0.4, -0.2) is 50.0 Å². The zero-order chi connectivity index (χ0) is 25.9. The number of aromatic nitrogens is 2. The number of pyridine rings is 1. The van der Waals surface area contributed by atoms with Crippen molar-refractivity contribution in [3.05, 3.63) is 46.2 Å². The molecule has 1 saturated heterocycles. The van der Waals surface area contributed by atoms with Crippen molar-refractivity contribution in [2.24, 2.45) is 5.92 Å². The minimum atomic E-state index is -4.11. The summed E-state index contributed by atoms with van der Waals surface area (Å²) in [5.74, 6) is 0.325. The molecule has 36 heavy (non-hydrogen) atoms. The molecule has 1 aromatic carbocycles. The first-order valence-corrected chi connectivity index (χ1v) is 14.2. The molecule has 3 N–H and O–H groups in total. The van der Waals surface area contributed by atoms with Crippen LogP contribution in [0.3, 0.4) is 0 Å². The van der Waals surface area contributed by atoms with E-state index < -0.39 is 16.3 Å². The molecule has 1 aliphatic heterocycles. The number of hydrogen-bond donors (Lipinski definition) is 3. The number of rotatable bonds is 9. The highest BCUT2D eigenvalue weighted by Gasteiger charge is 2.25. The Balaban J connectivity index is 1.57. The molecule has 0 radical (unpaired) electrons. The quantitative estimate of drug-likeness (QED) is 0.300. The van der Waals surface area contributed by atoms with E-state index in [9.17, 15) is 13.5 Å². The molecule has 13 heteroatoms. The highest BCUT2D eigenvalue weighted by molar-refractivity contribution is 7.92. The third-order valence-electron chi connectivity index (χ3n) is 5.72. The second-order valence-corrected chi connectivity index (χ2v) is 11.8. The smallest absolute Gasteiger partial charge is 0.267 e. The summed E-state index contributed by atoms with van der Waals surface area (Å²) in [5, 5.41) is 14.6. The van der Waals surface area contributed by atoms with E-state index in [-0.39, 0.29) is 21.5 Å². The largest absolute Gasteiger partial charge is 0.480 e. The summed E-state index contributed by atoms with van der Waals surface area (Å²) < 4.78 is 39.5. The average molecular weight is 574 g/mol. The lowest BCUT2D eigenvalue weighted by molar-refractivity contribution is 0.0484. The number of ether oxygens (including phenoxy) is 2. The fourth-order valence-corrected chi connectivity index (χ4v) is 6.63. The first-order chi connectivity index (χ1) is 17.2. The van der Waals surface area contributed by atoms with Crippen molar-refractivity contribution < 1.29 is 23.0 Å². The molecule has 0 saturated carbocycles. The summed E-state index contributed by atoms with van der Waals surface area (Å²) >= 11 is 13.4. The number of thiazole rings is 1. The van der Waals surface area contributed by atoms with Crippen molar-refractivity contribution in [2.75, 3.05) is 30.4 Å². The maximum absolute atomic E-state index is 13.2. The molecule has 0 bridgehead atoms. The normalized spacial score (nSPS) is 15.5. The lowest BCUT2D eigenvalue weighted by atomic mass is 9.96. The van der Waals surface area contributed by atoms with E-state index in [4.69, 9.17) is 32.7 Å². The third kappa shape index (κ3) is 6.39. The van der Waals surface area contributed by atoms with Gasteiger partial charge in [0, 0.05) is 30.0 Å². The van der Waals surface area contributed by atoms with Gasteiger partial charge in [0.15, 0.2) is 5.13 Å². The molecule has 9 nitrogen and oxygen atoms in total. The molecule has 4 rings (SSSR count). The van der Waals surface area contributed by atoms with Crippen molar-refractivity contribution in [2.45, 2.75) is 37.3 Å². The number of hydrogen-bond acceptors (Lipinski definition) is 9. The number of benzene rings is 1. The molecule has 0 amide bonds. The molecule has 0 aliphatic carbocycles. The number of halogens is 2. The maximum Gasteiger partial charge on any atom is 0.267 e. The molecule has 3 heterocycles. The van der Waals surface area contributed by atoms with Crippen molar-refractivity contribution in [3.8, 4) is 16.3 Å². The van der Waals surface area contributed by atoms with Crippen LogP contribution in [-0.2, 0) is 14.8 Å². The molecule has 2 aromatic heterocycles. The zero-order valence-corrected chi connectivity index (χ0v) is 22.8. The van der Waals surface area contributed by atoms with Crippen molar-refractivity contribution in [1.82, 2.24) is 9.97 Å². The second-order valence-electron chi connectivity index (χ2n) is 8.35. The number of aliphatic hydroxyl groups excluding tert-OH is 1. The Hall–Kier alpha value is -2.15. The van der Waals surface area contributed by atoms with Crippen molar-refractivity contribution in [1.29, 1.82) is 0 Å². The number of methoxy groups -OCH3 is 1. The minimum Gasteiger partial charge on any atom is -0.480 e. The van der Waals surface area contributed by atoms with Crippen LogP contribution in [0.1, 0.15) is 25.0 Å². The molecule has 1 atom stereocenters. The van der Waals surface area contributed by atoms with Gasteiger partial charge in [-0.05, 0) is 56.4 Å². The molecule has 194 valence electrons. The Morgan fingerprint density at radius 3 is 2.72 bits per heavy atom. The zero-order valence-electron chi connectivity index (χ0n) is 19.6. The lowest BCUT2D eigenvalue weighted by Crippen LogP contribution is -2.26. The first-order valence-electron chi connectivity index (χ1n) is 11.2. The number of aryl methyl sites for hydroxylation is 1. The van der Waals surface area contributed by atoms with Crippen LogP contribution < -0.4 is 14.8 Å². The number of sulfonamides is 1. The first kappa shape index (κ1) is 26.9. The molecular formula is C23H26Cl2N4O5S2. The maximum atomic E-state index is 13.2. The predicted molar refractivity (Wildman–Crippen MR) is 142 cm³/mol. The predicted octanol–water partition coefficient (Wildman–Crippen LogP) is 5.18. The Bertz CT molecular complexity index is 1330. The van der Waals surface area contributed by atoms with E-state index >= 15 is 0 Å². The molecule has 3 aromatic rings. The summed E-state index contributed by atoms with van der Waals surface area (Å²) in [5.41, 5.74) is 1.39. The molecule has 1 fully saturated rings. The van der Waals surface area contributed by atoms with Gasteiger partial charge < -0.3 is 19.9 Å². The average Bonchev–Trinajstić information content (AvgIpc) is 3.20. The van der Waals surface area contributed by atoms with Gasteiger partial charge in [0.25, 0.3) is 10.0 Å². The van der Waals surface area contributed by atoms with Crippen LogP contribution in [0.2, 0.25) is 10.0 Å². The number of aliphatic hydroxyl groups is 1. The van der Waals surface area contributed by atoms with Gasteiger partial charge in [-0.1, -0.05) is 34.5 Å². The van der Waals surface area contributed by atoms with E-state index in [0.29, 0.717) is 51.8 Å². The molecular weight excluding hydrogens is 547 g/mol. The second kappa shape index (κ2) is 11.5. The SMILES string of the molecule is COc1ncc(-c2sc(NC(O)CC3CCOCC3)nc2C)cc1S(=O)(=O)Nc1ccc(Cl)cc1Cl. The van der Waals surface area contributed by atoms with E-state index in [1.54, 1.807) is 0 Å². The van der Waals surface area contributed by atoms with Crippen molar-refractivity contribution >= 4 is 55.4 Å². The Labute approximate surface area is 223 Å². The summed E-state index contributed by atoms with van der Waals surface area (Å²) in [4.78, 5) is 9.28. The van der Waals surface area contributed by atoms with Gasteiger partial charge in [-0.2, -0.15) is 0 Å². The standard InChI is InChI=1S/C23H26Cl2N4O5S2/c1-13-21(35-23(27-13)28-20(30)9-14-5-7-34-8-6-14)15-10-19(22(33-2)26-12-15)36(31,32)29-18-4-3-16(24)11-17(18)25/h3-4,10-12,14,20,29-30H,5-9H2,1-2H3,(H,27,28). The molecule has 0 spiro atoms. The van der Waals surface area contributed by atoms with Crippen molar-refractivity contribution in [3.63, 3.8) is 0 Å². The number of nitrogens with one attached hydrogen (secondary N) is 2. The molecule has 1 unspecified atom stereocenters. The van der Waals surface area contributed by atoms with Crippen LogP contribution in [0.4, 0.5) is 10.8 Å². The van der Waals surface area contributed by atoms with Gasteiger partial charge in [-0.15, -0.1) is 0 Å². The van der Waals surface area contributed by atoms with Gasteiger partial charge in [0.05, 0.1) is 28.4 Å². The fraction of sp³-hybridized carbons (Fsp3) is 0.391. The number of anilines is 2. The summed E-state index contributed by atoms with van der Waals surface area (Å²) in [6.45, 7) is 3.24. The van der Waals surface area contributed by atoms with E-state index in [0.717, 1.165) is 12.8 Å². The lowest BCUT2D eigenvalue weighted by Gasteiger charge is -2.24. The van der Waals surface area contributed by atoms with Crippen LogP contribution in [0, 0.1) is 12.8 Å². The van der Waals surface area contributed by atoms with Gasteiger partial charge >= 0.3 is 0 Å². The summed E-state index contributed by atoms with van der Waals surface area (Å²) in [6, 6.07) is 5.92. The van der Waals surface area contributed by atoms with Gasteiger partial charge in [-0.25, -0.2) is 18.4 Å². The highest BCUT2D eigenvalue weighted by atomic mass is 35.5. The van der Waals surface area contributed by atoms with Crippen LogP contribution in [0.25, 0.3) is 10.4 Å². The Morgan fingerprint density at radius 1 is 1.28 bits per heavy atom. The van der Waals surface area contributed by atoms with E-state index in [1.165, 1.54) is 48.9 Å².